The molecule has 0 aromatic heterocycles. The van der Waals surface area contributed by atoms with Crippen LogP contribution < -0.4 is 0 Å². The maximum atomic E-state index is 11.0. The van der Waals surface area contributed by atoms with Crippen molar-refractivity contribution in [2.75, 3.05) is 5.33 Å². The quantitative estimate of drug-likeness (QED) is 0.0676. The predicted molar refractivity (Wildman–Crippen MR) is 546 cm³/mol. The molecule has 719 valence electrons. The van der Waals surface area contributed by atoms with Crippen molar-refractivity contribution < 1.29 is 121 Å². The summed E-state index contributed by atoms with van der Waals surface area (Å²) < 4.78 is 0. The van der Waals surface area contributed by atoms with Crippen LogP contribution in [0.5, 0.6) is 0 Å². The Morgan fingerprint density at radius 3 is 0.855 bits per heavy atom. The fraction of sp³-hybridized carbons (Fsp3) is 0.912. The number of nitriles is 1. The van der Waals surface area contributed by atoms with Crippen LogP contribution in [0.15, 0.2) is 12.7 Å². The first-order valence-electron chi connectivity index (χ1n) is 50.8. The van der Waals surface area contributed by atoms with Gasteiger partial charge in [0, 0.05) is 166 Å². The van der Waals surface area contributed by atoms with E-state index in [2.05, 4.69) is 205 Å². The Bertz CT molecular complexity index is 2860. The van der Waals surface area contributed by atoms with E-state index in [0.29, 0.717) is 21.6 Å². The summed E-state index contributed by atoms with van der Waals surface area (Å²) in [5, 5.41) is 10.2. The van der Waals surface area contributed by atoms with Crippen LogP contribution in [0, 0.1) is 304 Å². The molecule has 11 heteroatoms. The van der Waals surface area contributed by atoms with Crippen molar-refractivity contribution in [2.24, 2.45) is 169 Å². The number of aldehydes is 1. The van der Waals surface area contributed by atoms with Gasteiger partial charge in [-0.2, -0.15) is 5.26 Å². The molecule has 4 atom stereocenters. The fourth-order valence-electron chi connectivity index (χ4n) is 26.4. The van der Waals surface area contributed by atoms with Crippen molar-refractivity contribution in [3.05, 3.63) is 12.7 Å². The van der Waals surface area contributed by atoms with Crippen LogP contribution in [0.3, 0.4) is 0 Å². The van der Waals surface area contributed by atoms with E-state index in [4.69, 9.17) is 11.7 Å². The van der Waals surface area contributed by atoms with Gasteiger partial charge in [-0.1, -0.05) is 238 Å². The van der Waals surface area contributed by atoms with Crippen molar-refractivity contribution in [3.63, 3.8) is 0 Å². The summed E-state index contributed by atoms with van der Waals surface area (Å²) in [5.41, 5.74) is 1.43. The van der Waals surface area contributed by atoms with Gasteiger partial charge in [0.1, 0.15) is 6.29 Å². The van der Waals surface area contributed by atoms with Crippen LogP contribution in [0.25, 0.3) is 0 Å². The third-order valence-corrected chi connectivity index (χ3v) is 40.2. The zero-order valence-corrected chi connectivity index (χ0v) is 97.5. The average molecular weight is 2460 g/mol. The van der Waals surface area contributed by atoms with Gasteiger partial charge in [0.2, 0.25) is 0 Å². The third kappa shape index (κ3) is 41.9. The zero-order chi connectivity index (χ0) is 84.1. The van der Waals surface area contributed by atoms with Crippen LogP contribution >= 0.6 is 60.1 Å². The summed E-state index contributed by atoms with van der Waals surface area (Å²) in [6.07, 6.45) is 86.3. The number of rotatable bonds is 11. The second-order valence-corrected chi connectivity index (χ2v) is 48.4. The number of alkyl halides is 2. The molecule has 0 aromatic carbocycles. The Morgan fingerprint density at radius 1 is 0.363 bits per heavy atom. The Labute approximate surface area is 887 Å². The molecule has 0 aromatic rings. The minimum absolute atomic E-state index is 0. The molecule has 4 unspecified atom stereocenters. The van der Waals surface area contributed by atoms with E-state index in [-0.39, 0.29) is 160 Å². The van der Waals surface area contributed by atoms with Crippen molar-refractivity contribution in [2.45, 2.75) is 477 Å². The summed E-state index contributed by atoms with van der Waals surface area (Å²) in [6.45, 7) is 37.2. The number of carbonyl (C=O) groups is 1. The Morgan fingerprint density at radius 2 is 0.597 bits per heavy atom. The summed E-state index contributed by atoms with van der Waals surface area (Å²) in [5.74, 6) is 39.1. The van der Waals surface area contributed by atoms with Crippen molar-refractivity contribution in [1.82, 2.24) is 0 Å². The minimum atomic E-state index is -0.00153. The van der Waals surface area contributed by atoms with Crippen LogP contribution in [0.1, 0.15) is 472 Å². The number of halogens is 4. The second-order valence-electron chi connectivity index (χ2n) is 46.7. The molecule has 14 aliphatic rings. The Balaban J connectivity index is 0.00000147. The van der Waals surface area contributed by atoms with Gasteiger partial charge < -0.3 is 15.7 Å². The number of hydrogen-bond acceptors (Lipinski definition) is 2. The van der Waals surface area contributed by atoms with Gasteiger partial charge in [0.25, 0.3) is 0 Å². The van der Waals surface area contributed by atoms with Crippen molar-refractivity contribution >= 4 is 66.4 Å². The molecule has 4 nitrogen and oxygen atoms in total. The Kier molecular flexibility index (Phi) is 65.6. The molecule has 0 amide bonds. The van der Waals surface area contributed by atoms with Crippen LogP contribution in [-0.2, 0) is 21.9 Å². The van der Waals surface area contributed by atoms with Gasteiger partial charge >= 0.3 is 0 Å². The second kappa shape index (κ2) is 64.1. The number of carbonyl (C=O) groups excluding carboxylic acids is 1. The van der Waals surface area contributed by atoms with Gasteiger partial charge in [0.05, 0.1) is 11.5 Å². The molecule has 0 spiro atoms. The van der Waals surface area contributed by atoms with Crippen molar-refractivity contribution in [1.29, 1.82) is 5.26 Å². The SMILES string of the molecule is BrBr.C.C.C.C#CC1(C)CCC(C2CCC(C)CC2)CC1.C=CC1(C)CCC(C2CCC(C)CC2)CC1.CC1CCC(C2CCC(C)(C#CC#CC3CC(C4CCC(C)CC4)CCC3C)CC2)CC1.CC1CCC(C2CCC(C)(C#N)CC2)CC1.CC1CCC(C2CCC(C)(C(Br)CBr)CC2)CC1.CC1CCC(C2CCC(C)(C=O)CC2)CC1.O.O.[Ac].[Ac].[Cu]. The van der Waals surface area contributed by atoms with Gasteiger partial charge in [-0.3, -0.25) is 0 Å². The summed E-state index contributed by atoms with van der Waals surface area (Å²) in [7, 11) is 0. The molecule has 14 fully saturated rings. The normalized spacial score (nSPS) is 41.3. The molecule has 4 N–H and O–H groups in total. The van der Waals surface area contributed by atoms with E-state index in [1.807, 2.05) is 0 Å². The molecule has 14 aliphatic carbocycles. The van der Waals surface area contributed by atoms with Crippen LogP contribution in [-0.4, -0.2) is 27.4 Å². The smallest absolute Gasteiger partial charge is 0.125 e. The van der Waals surface area contributed by atoms with E-state index in [9.17, 15) is 4.79 Å². The van der Waals surface area contributed by atoms with Gasteiger partial charge in [-0.25, -0.2) is 0 Å². The Hall–Kier alpha value is 2.82. The van der Waals surface area contributed by atoms with Crippen LogP contribution in [0.4, 0.5) is 0 Å². The predicted octanol–water partition coefficient (Wildman–Crippen LogP) is 35.6. The van der Waals surface area contributed by atoms with Gasteiger partial charge in [0.15, 0.2) is 0 Å². The topological polar surface area (TPSA) is 104 Å². The molecule has 0 bridgehead atoms. The van der Waals surface area contributed by atoms with E-state index in [1.165, 1.54) is 334 Å². The van der Waals surface area contributed by atoms with Crippen molar-refractivity contribution in [3.8, 4) is 42.1 Å². The maximum absolute atomic E-state index is 11.0. The largest absolute Gasteiger partial charge is 0.412 e. The first kappa shape index (κ1) is 127. The molecule has 14 rings (SSSR count). The number of terminal acetylenes is 1. The molecular formula is C113H199Ac2Br4CuNO3. The maximum Gasteiger partial charge on any atom is 0.125 e. The summed E-state index contributed by atoms with van der Waals surface area (Å²) >= 11 is 13.0. The van der Waals surface area contributed by atoms with Gasteiger partial charge in [-0.15, -0.1) is 18.9 Å². The molecule has 124 heavy (non-hydrogen) atoms. The average Bonchev–Trinajstić information content (AvgIpc) is 0.676. The molecule has 0 heterocycles. The molecule has 0 aliphatic heterocycles. The van der Waals surface area contributed by atoms with E-state index < -0.39 is 0 Å². The molecule has 3 radical (unpaired) electrons. The summed E-state index contributed by atoms with van der Waals surface area (Å²) in [6, 6.07) is 2.51. The first-order valence-corrected chi connectivity index (χ1v) is 56.6. The van der Waals surface area contributed by atoms with Gasteiger partial charge in [-0.05, 0) is 437 Å². The standard InChI is InChI=1S/C32H50.C16H28Br2.C16H28.C16H26.C15H25N.C15H26O.3CH4.2Ac.Br2.Cu.2H2O/c1-24-8-13-27(14-9-24)29-18-21-32(4,22-19-29)20-6-5-7-30-23-31(17-12-26(30)3)28-15-10-25(2)11-16-28;1-12-3-5-13(6-4-12)14-7-9-16(2,10-8-14)15(18)11-17;2*1-4-16(3)11-9-15(10-12-16)14-7-5-13(2)6-8-14;2*1-12-3-5-13(6-4-12)14-7-9-15(2,11-16)10-8-14;;;;;;1-2;;;/h24-31H,8-19,21-23H2,1-4H3;12-15H,3-11H2,1-2H3;4,13-15H,1,5-12H2,2-3H3;1,13-15H,5-12H2,2-3H3;12-14H,3-10H2,1-2H3;11-14H,3-10H2,1-2H3;3*1H4;;;;;2*1H2. The molecular weight excluding hydrogens is 2260 g/mol. The molecule has 14 saturated carbocycles. The zero-order valence-electron chi connectivity index (χ0n) is 80.7. The van der Waals surface area contributed by atoms with E-state index in [0.717, 1.165) is 161 Å². The van der Waals surface area contributed by atoms with E-state index >= 15 is 0 Å². The number of hydrogen-bond donors (Lipinski definition) is 0. The first-order chi connectivity index (χ1) is 55.5. The fourth-order valence-corrected chi connectivity index (χ4v) is 27.6. The third-order valence-electron chi connectivity index (χ3n) is 37.2. The molecule has 0 saturated heterocycles. The number of allylic oxidation sites excluding steroid dienone is 1. The minimum Gasteiger partial charge on any atom is -0.412 e. The number of nitrogens with zero attached hydrogens (tertiary/aromatic N) is 1. The summed E-state index contributed by atoms with van der Waals surface area (Å²) in [4.78, 5) is 11.7. The monoisotopic (exact) mass is 2450 g/mol. The van der Waals surface area contributed by atoms with E-state index in [1.54, 1.807) is 0 Å². The van der Waals surface area contributed by atoms with Crippen LogP contribution in [0.2, 0.25) is 0 Å².